The van der Waals surface area contributed by atoms with E-state index in [-0.39, 0.29) is 11.9 Å². The lowest BCUT2D eigenvalue weighted by atomic mass is 9.89. The van der Waals surface area contributed by atoms with Crippen LogP contribution in [0.3, 0.4) is 0 Å². The van der Waals surface area contributed by atoms with Gasteiger partial charge < -0.3 is 5.32 Å². The summed E-state index contributed by atoms with van der Waals surface area (Å²) in [5.41, 5.74) is 6.12. The van der Waals surface area contributed by atoms with Crippen LogP contribution in [-0.4, -0.2) is 5.91 Å². The molecule has 1 unspecified atom stereocenters. The fourth-order valence-electron chi connectivity index (χ4n) is 3.90. The fourth-order valence-corrected chi connectivity index (χ4v) is 4.90. The monoisotopic (exact) mass is 401 g/mol. The predicted octanol–water partition coefficient (Wildman–Crippen LogP) is 6.35. The Morgan fingerprint density at radius 2 is 1.66 bits per heavy atom. The standard InChI is InChI=1S/C26H27NOS/c1-19(22-16-15-21-11-5-6-12-23(21)17-22)27-26(28)24-13-7-8-14-25(24)29-18-20-9-3-2-4-10-20/h2-4,7-10,13-17,19H,5-6,11-12,18H2,1H3,(H,27,28). The lowest BCUT2D eigenvalue weighted by Crippen LogP contribution is -2.27. The normalized spacial score (nSPS) is 14.1. The number of amides is 1. The molecule has 1 amide bonds. The molecule has 0 aromatic heterocycles. The van der Waals surface area contributed by atoms with E-state index in [1.54, 1.807) is 11.8 Å². The third-order valence-electron chi connectivity index (χ3n) is 5.59. The molecule has 1 aliphatic rings. The van der Waals surface area contributed by atoms with Crippen molar-refractivity contribution < 1.29 is 4.79 Å². The predicted molar refractivity (Wildman–Crippen MR) is 121 cm³/mol. The van der Waals surface area contributed by atoms with E-state index in [0.29, 0.717) is 0 Å². The highest BCUT2D eigenvalue weighted by Gasteiger charge is 2.17. The van der Waals surface area contributed by atoms with Crippen LogP contribution in [0.15, 0.2) is 77.7 Å². The number of carbonyl (C=O) groups is 1. The Bertz CT molecular complexity index is 983. The summed E-state index contributed by atoms with van der Waals surface area (Å²) in [7, 11) is 0. The zero-order valence-corrected chi connectivity index (χ0v) is 17.7. The van der Waals surface area contributed by atoms with Gasteiger partial charge in [0.05, 0.1) is 11.6 Å². The molecule has 0 saturated heterocycles. The van der Waals surface area contributed by atoms with Crippen LogP contribution in [0, 0.1) is 0 Å². The molecule has 3 heteroatoms. The SMILES string of the molecule is CC(NC(=O)c1ccccc1SCc1ccccc1)c1ccc2c(c1)CCCC2. The zero-order chi connectivity index (χ0) is 20.1. The summed E-state index contributed by atoms with van der Waals surface area (Å²) in [4.78, 5) is 14.0. The van der Waals surface area contributed by atoms with Crippen molar-refractivity contribution in [2.24, 2.45) is 0 Å². The summed E-state index contributed by atoms with van der Waals surface area (Å²) in [6, 6.07) is 24.9. The molecule has 2 nitrogen and oxygen atoms in total. The largest absolute Gasteiger partial charge is 0.345 e. The topological polar surface area (TPSA) is 29.1 Å². The van der Waals surface area contributed by atoms with Gasteiger partial charge in [0.2, 0.25) is 0 Å². The van der Waals surface area contributed by atoms with Gasteiger partial charge in [0.1, 0.15) is 0 Å². The Labute approximate surface area is 177 Å². The highest BCUT2D eigenvalue weighted by Crippen LogP contribution is 2.28. The van der Waals surface area contributed by atoms with Gasteiger partial charge in [0.25, 0.3) is 5.91 Å². The number of benzene rings is 3. The highest BCUT2D eigenvalue weighted by molar-refractivity contribution is 7.98. The second kappa shape index (κ2) is 9.32. The van der Waals surface area contributed by atoms with E-state index in [4.69, 9.17) is 0 Å². The molecule has 0 aliphatic heterocycles. The maximum absolute atomic E-state index is 13.0. The molecule has 0 heterocycles. The van der Waals surface area contributed by atoms with Gasteiger partial charge in [-0.15, -0.1) is 11.8 Å². The van der Waals surface area contributed by atoms with Crippen molar-refractivity contribution in [3.8, 4) is 0 Å². The summed E-state index contributed by atoms with van der Waals surface area (Å²) in [5.74, 6) is 0.845. The number of carbonyl (C=O) groups excluding carboxylic acids is 1. The van der Waals surface area contributed by atoms with Gasteiger partial charge in [-0.25, -0.2) is 0 Å². The summed E-state index contributed by atoms with van der Waals surface area (Å²) in [6.45, 7) is 2.07. The molecule has 0 bridgehead atoms. The molecule has 3 aromatic rings. The van der Waals surface area contributed by atoms with Crippen LogP contribution in [0.5, 0.6) is 0 Å². The Kier molecular flexibility index (Phi) is 6.36. The molecule has 148 valence electrons. The Hall–Kier alpha value is -2.52. The van der Waals surface area contributed by atoms with Crippen LogP contribution in [0.1, 0.15) is 58.4 Å². The molecule has 0 saturated carbocycles. The van der Waals surface area contributed by atoms with Crippen molar-refractivity contribution in [3.63, 3.8) is 0 Å². The maximum Gasteiger partial charge on any atom is 0.252 e. The van der Waals surface area contributed by atoms with E-state index in [1.807, 2.05) is 30.3 Å². The Morgan fingerprint density at radius 3 is 2.48 bits per heavy atom. The van der Waals surface area contributed by atoms with Crippen LogP contribution in [0.25, 0.3) is 0 Å². The van der Waals surface area contributed by atoms with E-state index < -0.39 is 0 Å². The number of fused-ring (bicyclic) bond motifs is 1. The summed E-state index contributed by atoms with van der Waals surface area (Å²) in [6.07, 6.45) is 4.89. The molecule has 1 aliphatic carbocycles. The summed E-state index contributed by atoms with van der Waals surface area (Å²) >= 11 is 1.71. The number of hydrogen-bond acceptors (Lipinski definition) is 2. The number of hydrogen-bond donors (Lipinski definition) is 1. The third-order valence-corrected chi connectivity index (χ3v) is 6.73. The van der Waals surface area contributed by atoms with Gasteiger partial charge in [-0.3, -0.25) is 4.79 Å². The first-order valence-electron chi connectivity index (χ1n) is 10.4. The first kappa shape index (κ1) is 19.8. The third kappa shape index (κ3) is 4.91. The zero-order valence-electron chi connectivity index (χ0n) is 16.9. The second-order valence-corrected chi connectivity index (χ2v) is 8.72. The average Bonchev–Trinajstić information content (AvgIpc) is 2.78. The van der Waals surface area contributed by atoms with Gasteiger partial charge in [-0.05, 0) is 67.0 Å². The maximum atomic E-state index is 13.0. The van der Waals surface area contributed by atoms with Gasteiger partial charge >= 0.3 is 0 Å². The van der Waals surface area contributed by atoms with Crippen LogP contribution >= 0.6 is 11.8 Å². The Morgan fingerprint density at radius 1 is 0.931 bits per heavy atom. The van der Waals surface area contributed by atoms with Crippen LogP contribution in [0.4, 0.5) is 0 Å². The van der Waals surface area contributed by atoms with Crippen molar-refractivity contribution in [1.82, 2.24) is 5.32 Å². The molecular weight excluding hydrogens is 374 g/mol. The summed E-state index contributed by atoms with van der Waals surface area (Å²) in [5, 5.41) is 3.21. The minimum Gasteiger partial charge on any atom is -0.345 e. The lowest BCUT2D eigenvalue weighted by molar-refractivity contribution is 0.0937. The minimum absolute atomic E-state index is 0.00798. The molecule has 4 rings (SSSR count). The van der Waals surface area contributed by atoms with Crippen molar-refractivity contribution in [3.05, 3.63) is 101 Å². The van der Waals surface area contributed by atoms with Crippen molar-refractivity contribution in [2.45, 2.75) is 49.3 Å². The summed E-state index contributed by atoms with van der Waals surface area (Å²) < 4.78 is 0. The number of aryl methyl sites for hydroxylation is 2. The average molecular weight is 402 g/mol. The van der Waals surface area contributed by atoms with Crippen LogP contribution in [0.2, 0.25) is 0 Å². The number of nitrogens with one attached hydrogen (secondary N) is 1. The number of thioether (sulfide) groups is 1. The lowest BCUT2D eigenvalue weighted by Gasteiger charge is -2.20. The Balaban J connectivity index is 1.45. The molecule has 0 radical (unpaired) electrons. The molecule has 29 heavy (non-hydrogen) atoms. The number of rotatable bonds is 6. The molecule has 0 spiro atoms. The van der Waals surface area contributed by atoms with E-state index in [0.717, 1.165) is 22.6 Å². The van der Waals surface area contributed by atoms with Crippen molar-refractivity contribution >= 4 is 17.7 Å². The first-order chi connectivity index (χ1) is 14.2. The molecule has 3 aromatic carbocycles. The first-order valence-corrected chi connectivity index (χ1v) is 11.4. The van der Waals surface area contributed by atoms with E-state index >= 15 is 0 Å². The van der Waals surface area contributed by atoms with Gasteiger partial charge in [-0.1, -0.05) is 60.7 Å². The van der Waals surface area contributed by atoms with E-state index in [2.05, 4.69) is 54.7 Å². The smallest absolute Gasteiger partial charge is 0.252 e. The molecule has 0 fully saturated rings. The van der Waals surface area contributed by atoms with Crippen LogP contribution in [-0.2, 0) is 18.6 Å². The quantitative estimate of drug-likeness (QED) is 0.488. The fraction of sp³-hybridized carbons (Fsp3) is 0.269. The van der Waals surface area contributed by atoms with E-state index in [1.165, 1.54) is 41.5 Å². The molecule has 1 N–H and O–H groups in total. The molecule has 1 atom stereocenters. The molecular formula is C26H27NOS. The van der Waals surface area contributed by atoms with Gasteiger partial charge in [0.15, 0.2) is 0 Å². The van der Waals surface area contributed by atoms with E-state index in [9.17, 15) is 4.79 Å². The van der Waals surface area contributed by atoms with Crippen LogP contribution < -0.4 is 5.32 Å². The van der Waals surface area contributed by atoms with Crippen molar-refractivity contribution in [1.29, 1.82) is 0 Å². The minimum atomic E-state index is -0.0121. The highest BCUT2D eigenvalue weighted by atomic mass is 32.2. The van der Waals surface area contributed by atoms with Crippen molar-refractivity contribution in [2.75, 3.05) is 0 Å². The van der Waals surface area contributed by atoms with Gasteiger partial charge in [-0.2, -0.15) is 0 Å². The van der Waals surface area contributed by atoms with Gasteiger partial charge in [0, 0.05) is 10.6 Å². The second-order valence-electron chi connectivity index (χ2n) is 7.70.